The second kappa shape index (κ2) is 15.5. The third-order valence-electron chi connectivity index (χ3n) is 8.23. The van der Waals surface area contributed by atoms with Crippen LogP contribution < -0.4 is 54.9 Å². The van der Waals surface area contributed by atoms with Crippen molar-refractivity contribution in [3.05, 3.63) is 24.0 Å². The Morgan fingerprint density at radius 1 is 1.05 bits per heavy atom. The van der Waals surface area contributed by atoms with Crippen LogP contribution in [0.15, 0.2) is 18.2 Å². The van der Waals surface area contributed by atoms with Crippen LogP contribution in [0.3, 0.4) is 0 Å². The molecule has 1 amide bonds. The first-order chi connectivity index (χ1) is 19.0. The number of amides is 1. The molecular weight excluding hydrogens is 572 g/mol. The Balaban J connectivity index is 0.00000231. The highest BCUT2D eigenvalue weighted by atomic mass is 35.5. The number of carbonyl (C=O) groups excluding carboxylic acids is 1. The highest BCUT2D eigenvalue weighted by Crippen LogP contribution is 2.23. The van der Waals surface area contributed by atoms with Gasteiger partial charge in [-0.25, -0.2) is 4.39 Å². The Hall–Kier alpha value is -2.67. The summed E-state index contributed by atoms with van der Waals surface area (Å²) >= 11 is 0. The van der Waals surface area contributed by atoms with Crippen LogP contribution in [0.2, 0.25) is 0 Å². The van der Waals surface area contributed by atoms with Crippen molar-refractivity contribution in [1.82, 2.24) is 19.9 Å². The van der Waals surface area contributed by atoms with E-state index in [4.69, 9.17) is 14.7 Å². The summed E-state index contributed by atoms with van der Waals surface area (Å²) in [7, 11) is 1.44. The van der Waals surface area contributed by atoms with Crippen molar-refractivity contribution in [2.45, 2.75) is 38.6 Å². The van der Waals surface area contributed by atoms with Crippen molar-refractivity contribution in [3.63, 3.8) is 0 Å². The lowest BCUT2D eigenvalue weighted by molar-refractivity contribution is -0.908. The number of rotatable bonds is 10. The van der Waals surface area contributed by atoms with E-state index in [1.807, 2.05) is 4.90 Å². The van der Waals surface area contributed by atoms with Gasteiger partial charge in [-0.05, 0) is 31.9 Å². The largest absolute Gasteiger partial charge is 1.00 e. The maximum Gasteiger partial charge on any atom is 0.277 e. The van der Waals surface area contributed by atoms with Gasteiger partial charge in [0.05, 0.1) is 52.9 Å². The van der Waals surface area contributed by atoms with E-state index in [1.54, 1.807) is 17.0 Å². The molecule has 2 unspecified atom stereocenters. The number of likely N-dealkylation sites (tertiary alicyclic amines) is 2. The number of hydrogen-bond donors (Lipinski definition) is 4. The van der Waals surface area contributed by atoms with Gasteiger partial charge in [0.2, 0.25) is 17.8 Å². The van der Waals surface area contributed by atoms with Crippen LogP contribution in [0, 0.1) is 5.82 Å². The molecule has 3 fully saturated rings. The average molecular weight is 615 g/mol. The number of ether oxygens (including phenoxy) is 1. The normalized spacial score (nSPS) is 20.8. The van der Waals surface area contributed by atoms with Gasteiger partial charge in [0.15, 0.2) is 18.1 Å². The number of nitrogens with zero attached hydrogens (tertiary/aromatic N) is 5. The number of benzene rings is 1. The lowest BCUT2D eigenvalue weighted by atomic mass is 10.2. The standard InChI is InChI=1S/C27H40FN9O2.2ClH/c1-3-35-12-6-7-21(35)18-29-25-31-26(30-20-8-9-23(39-2)22(28)17-20)33-27(32-25)37-15-13-34(14-16-37)19-24(38)36-10-4-5-11-36;;/h8-9,17,21H,3-7,10-16,18-19H2,1-2H3,(H2,29,30,31,32,33);2*1H. The first-order valence-electron chi connectivity index (χ1n) is 14.3. The van der Waals surface area contributed by atoms with Crippen LogP contribution in [0.1, 0.15) is 32.6 Å². The van der Waals surface area contributed by atoms with Crippen LogP contribution in [0.5, 0.6) is 5.75 Å². The molecule has 4 N–H and O–H groups in total. The predicted molar refractivity (Wildman–Crippen MR) is 148 cm³/mol. The van der Waals surface area contributed by atoms with E-state index in [0.717, 1.165) is 65.2 Å². The molecule has 2 atom stereocenters. The Morgan fingerprint density at radius 3 is 2.46 bits per heavy atom. The number of methoxy groups -OCH3 is 1. The maximum absolute atomic E-state index is 14.3. The second-order valence-electron chi connectivity index (χ2n) is 10.7. The van der Waals surface area contributed by atoms with Crippen molar-refractivity contribution < 1.29 is 48.5 Å². The Bertz CT molecular complexity index is 1130. The van der Waals surface area contributed by atoms with E-state index in [0.29, 0.717) is 36.1 Å². The van der Waals surface area contributed by atoms with Crippen molar-refractivity contribution in [3.8, 4) is 5.75 Å². The van der Waals surface area contributed by atoms with E-state index >= 15 is 0 Å². The summed E-state index contributed by atoms with van der Waals surface area (Å²) in [5, 5.41) is 6.60. The fourth-order valence-corrected chi connectivity index (χ4v) is 5.92. The molecule has 3 aliphatic rings. The summed E-state index contributed by atoms with van der Waals surface area (Å²) in [6.07, 6.45) is 4.65. The van der Waals surface area contributed by atoms with E-state index in [-0.39, 0.29) is 36.5 Å². The number of hydrogen-bond acceptors (Lipinski definition) is 8. The number of anilines is 4. The Labute approximate surface area is 254 Å². The van der Waals surface area contributed by atoms with E-state index in [1.165, 1.54) is 37.5 Å². The molecule has 0 bridgehead atoms. The minimum atomic E-state index is -0.457. The van der Waals surface area contributed by atoms with Gasteiger partial charge >= 0.3 is 0 Å². The minimum absolute atomic E-state index is 0. The van der Waals surface area contributed by atoms with E-state index in [9.17, 15) is 9.18 Å². The van der Waals surface area contributed by atoms with Gasteiger partial charge in [0, 0.05) is 37.7 Å². The van der Waals surface area contributed by atoms with Gasteiger partial charge in [-0.3, -0.25) is 4.79 Å². The Kier molecular flexibility index (Phi) is 12.4. The molecule has 1 aromatic carbocycles. The topological polar surface area (TPSA) is 104 Å². The van der Waals surface area contributed by atoms with Crippen molar-refractivity contribution in [2.24, 2.45) is 0 Å². The number of likely N-dealkylation sites (N-methyl/N-ethyl adjacent to an activating group) is 1. The fourth-order valence-electron chi connectivity index (χ4n) is 5.92. The third kappa shape index (κ3) is 8.43. The smallest absolute Gasteiger partial charge is 0.277 e. The summed E-state index contributed by atoms with van der Waals surface area (Å²) in [5.74, 6) is 1.44. The highest BCUT2D eigenvalue weighted by molar-refractivity contribution is 5.77. The highest BCUT2D eigenvalue weighted by Gasteiger charge is 2.29. The molecule has 11 nitrogen and oxygen atoms in total. The molecule has 0 aliphatic carbocycles. The molecule has 3 saturated heterocycles. The van der Waals surface area contributed by atoms with Gasteiger partial charge in [0.25, 0.3) is 5.91 Å². The van der Waals surface area contributed by atoms with Crippen molar-refractivity contribution in [2.75, 3.05) is 88.1 Å². The van der Waals surface area contributed by atoms with Crippen LogP contribution in [-0.4, -0.2) is 104 Å². The monoisotopic (exact) mass is 613 g/mol. The lowest BCUT2D eigenvalue weighted by Crippen LogP contribution is -3.15. The Morgan fingerprint density at radius 2 is 1.78 bits per heavy atom. The van der Waals surface area contributed by atoms with Gasteiger partial charge in [0.1, 0.15) is 6.04 Å². The van der Waals surface area contributed by atoms with Crippen LogP contribution in [0.25, 0.3) is 0 Å². The number of aromatic nitrogens is 3. The molecule has 0 spiro atoms. The maximum atomic E-state index is 14.3. The molecule has 14 heteroatoms. The number of piperazine rings is 1. The molecule has 0 saturated carbocycles. The quantitative estimate of drug-likeness (QED) is 0.210. The van der Waals surface area contributed by atoms with Gasteiger partial charge in [-0.1, -0.05) is 0 Å². The number of carbonyl (C=O) groups is 1. The molecule has 5 rings (SSSR count). The van der Waals surface area contributed by atoms with E-state index < -0.39 is 5.82 Å². The second-order valence-corrected chi connectivity index (χ2v) is 10.7. The zero-order valence-electron chi connectivity index (χ0n) is 23.9. The first kappa shape index (κ1) is 32.8. The first-order valence-corrected chi connectivity index (χ1v) is 14.3. The summed E-state index contributed by atoms with van der Waals surface area (Å²) in [6.45, 7) is 10.9. The van der Waals surface area contributed by atoms with Crippen molar-refractivity contribution >= 4 is 29.4 Å². The summed E-state index contributed by atoms with van der Waals surface area (Å²) in [5.41, 5.74) is 0.531. The van der Waals surface area contributed by atoms with Gasteiger partial charge < -0.3 is 59.8 Å². The van der Waals surface area contributed by atoms with Crippen LogP contribution in [0.4, 0.5) is 27.9 Å². The summed E-state index contributed by atoms with van der Waals surface area (Å²) < 4.78 is 19.4. The fraction of sp³-hybridized carbons (Fsp3) is 0.630. The minimum Gasteiger partial charge on any atom is -1.00 e. The van der Waals surface area contributed by atoms with Crippen LogP contribution in [-0.2, 0) is 4.79 Å². The SMILES string of the molecule is CC[NH+]1CCCC1CNc1nc(Nc2ccc(OC)c(F)c2)nc(N2CC[NH+](CC(=O)N3CCCC3)CC2)n1.[Cl-].[Cl-]. The summed E-state index contributed by atoms with van der Waals surface area (Å²) in [4.78, 5) is 33.7. The zero-order valence-corrected chi connectivity index (χ0v) is 25.4. The average Bonchev–Trinajstić information content (AvgIpc) is 3.65. The van der Waals surface area contributed by atoms with Gasteiger partial charge in [-0.2, -0.15) is 15.0 Å². The van der Waals surface area contributed by atoms with Crippen LogP contribution >= 0.6 is 0 Å². The number of nitrogens with one attached hydrogen (secondary N) is 4. The van der Waals surface area contributed by atoms with Crippen molar-refractivity contribution in [1.29, 1.82) is 0 Å². The van der Waals surface area contributed by atoms with E-state index in [2.05, 4.69) is 27.4 Å². The number of halogens is 3. The molecule has 41 heavy (non-hydrogen) atoms. The lowest BCUT2D eigenvalue weighted by Gasteiger charge is -2.32. The predicted octanol–water partition coefficient (Wildman–Crippen LogP) is -6.42. The third-order valence-corrected chi connectivity index (χ3v) is 8.23. The van der Waals surface area contributed by atoms with Gasteiger partial charge in [-0.15, -0.1) is 0 Å². The molecule has 2 aromatic rings. The summed E-state index contributed by atoms with van der Waals surface area (Å²) in [6, 6.07) is 5.21. The molecule has 1 aromatic heterocycles. The molecule has 3 aliphatic heterocycles. The molecule has 0 radical (unpaired) electrons. The number of quaternary nitrogens is 2. The molecular formula is C27H42Cl2FN9O2. The molecule has 4 heterocycles. The zero-order chi connectivity index (χ0) is 27.2. The molecule has 228 valence electrons.